The van der Waals surface area contributed by atoms with Crippen molar-refractivity contribution >= 4 is 96.9 Å². The maximum Gasteiger partial charge on any atom is 0.254 e. The van der Waals surface area contributed by atoms with Gasteiger partial charge >= 0.3 is 0 Å². The summed E-state index contributed by atoms with van der Waals surface area (Å²) in [6.07, 6.45) is -6.07. The van der Waals surface area contributed by atoms with Gasteiger partial charge in [-0.1, -0.05) is 0 Å². The van der Waals surface area contributed by atoms with Gasteiger partial charge in [0, 0.05) is 20.9 Å². The number of halogens is 3. The number of nitrogens with zero attached hydrogens (tertiary/aromatic N) is 1. The van der Waals surface area contributed by atoms with E-state index in [9.17, 15) is 34.8 Å². The zero-order chi connectivity index (χ0) is 24.5. The second kappa shape index (κ2) is 11.4. The molecular formula is C18H22I3N3O8. The molecule has 0 spiro atoms. The smallest absolute Gasteiger partial charge is 0.254 e. The first kappa shape index (κ1) is 27.9. The maximum atomic E-state index is 13.2. The molecule has 3 amide bonds. The maximum absolute atomic E-state index is 13.2. The predicted molar refractivity (Wildman–Crippen MR) is 139 cm³/mol. The van der Waals surface area contributed by atoms with Gasteiger partial charge in [-0.15, -0.1) is 0 Å². The Balaban J connectivity index is 2.56. The van der Waals surface area contributed by atoms with E-state index in [1.54, 1.807) is 0 Å². The number of anilines is 2. The Hall–Kier alpha value is -0.380. The van der Waals surface area contributed by atoms with E-state index in [1.165, 1.54) is 25.8 Å². The number of hydrogen-bond acceptors (Lipinski definition) is 8. The Morgan fingerprint density at radius 3 is 2.12 bits per heavy atom. The SMILES string of the molecule is CC(=O)Nc1c(I)c(C(=O)N[C@@H]2[C@@H](O)[C@H](O)[C@@H](CO)O[C@@H]2O)c(I)c(N(C)C(C)=O)c1I. The summed E-state index contributed by atoms with van der Waals surface area (Å²) in [6, 6.07) is -1.40. The van der Waals surface area contributed by atoms with E-state index < -0.39 is 43.2 Å². The lowest BCUT2D eigenvalue weighted by atomic mass is 9.96. The lowest BCUT2D eigenvalue weighted by Crippen LogP contribution is -2.64. The second-order valence-corrected chi connectivity index (χ2v) is 10.3. The third kappa shape index (κ3) is 5.63. The molecule has 2 rings (SSSR count). The Morgan fingerprint density at radius 1 is 1.03 bits per heavy atom. The van der Waals surface area contributed by atoms with Crippen LogP contribution in [0.4, 0.5) is 11.4 Å². The van der Waals surface area contributed by atoms with Crippen LogP contribution in [-0.4, -0.2) is 82.4 Å². The van der Waals surface area contributed by atoms with Crippen molar-refractivity contribution in [1.82, 2.24) is 5.32 Å². The van der Waals surface area contributed by atoms with Crippen LogP contribution in [0.15, 0.2) is 0 Å². The third-order valence-corrected chi connectivity index (χ3v) is 8.01. The Bertz CT molecular complexity index is 931. The zero-order valence-corrected chi connectivity index (χ0v) is 23.6. The molecule has 0 radical (unpaired) electrons. The number of aliphatic hydroxyl groups excluding tert-OH is 4. The van der Waals surface area contributed by atoms with Gasteiger partial charge in [-0.25, -0.2) is 0 Å². The van der Waals surface area contributed by atoms with Crippen molar-refractivity contribution in [3.05, 3.63) is 16.3 Å². The van der Waals surface area contributed by atoms with Gasteiger partial charge in [-0.2, -0.15) is 0 Å². The fourth-order valence-corrected chi connectivity index (χ4v) is 7.71. The fourth-order valence-electron chi connectivity index (χ4n) is 3.06. The molecule has 11 nitrogen and oxygen atoms in total. The van der Waals surface area contributed by atoms with E-state index in [2.05, 4.69) is 10.6 Å². The standard InChI is InChI=1S/C18H22I3N3O8/c1-5(26)22-12-9(19)8(10(20)14(11(12)21)24(3)6(2)27)17(30)23-13-16(29)15(28)7(4-25)32-18(13)31/h7,13,15-16,18,25,28-29,31H,4H2,1-3H3,(H,22,26)(H,23,30)/t7-,13-,15-,16-,18+/m1/s1. The molecule has 0 saturated carbocycles. The van der Waals surface area contributed by atoms with Gasteiger partial charge in [0.2, 0.25) is 11.8 Å². The molecule has 1 aromatic carbocycles. The van der Waals surface area contributed by atoms with Crippen LogP contribution in [0.5, 0.6) is 0 Å². The molecule has 6 N–H and O–H groups in total. The highest BCUT2D eigenvalue weighted by molar-refractivity contribution is 14.1. The highest BCUT2D eigenvalue weighted by Gasteiger charge is 2.44. The number of aliphatic hydroxyl groups is 4. The van der Waals surface area contributed by atoms with Crippen molar-refractivity contribution in [2.24, 2.45) is 0 Å². The summed E-state index contributed by atoms with van der Waals surface area (Å²) in [5.74, 6) is -1.41. The monoisotopic (exact) mass is 789 g/mol. The minimum atomic E-state index is -1.69. The van der Waals surface area contributed by atoms with Gasteiger partial charge in [0.25, 0.3) is 5.91 Å². The summed E-state index contributed by atoms with van der Waals surface area (Å²) >= 11 is 5.78. The molecule has 1 heterocycles. The lowest BCUT2D eigenvalue weighted by Gasteiger charge is -2.40. The molecule has 32 heavy (non-hydrogen) atoms. The van der Waals surface area contributed by atoms with Gasteiger partial charge in [-0.3, -0.25) is 14.4 Å². The fraction of sp³-hybridized carbons (Fsp3) is 0.500. The summed E-state index contributed by atoms with van der Waals surface area (Å²) in [7, 11) is 1.53. The van der Waals surface area contributed by atoms with E-state index in [0.29, 0.717) is 22.1 Å². The molecule has 5 atom stereocenters. The minimum Gasteiger partial charge on any atom is -0.394 e. The number of rotatable bonds is 5. The molecule has 1 aliphatic heterocycles. The number of hydrogen-bond donors (Lipinski definition) is 6. The van der Waals surface area contributed by atoms with Gasteiger partial charge in [0.05, 0.1) is 34.3 Å². The molecule has 0 unspecified atom stereocenters. The molecule has 178 valence electrons. The Morgan fingerprint density at radius 2 is 1.62 bits per heavy atom. The Kier molecular flexibility index (Phi) is 9.89. The van der Waals surface area contributed by atoms with Crippen LogP contribution in [0.1, 0.15) is 24.2 Å². The summed E-state index contributed by atoms with van der Waals surface area (Å²) in [5.41, 5.74) is 0.819. The minimum absolute atomic E-state index is 0.0941. The summed E-state index contributed by atoms with van der Waals surface area (Å²) in [6.45, 7) is 2.03. The van der Waals surface area contributed by atoms with Gasteiger partial charge in [0.15, 0.2) is 6.29 Å². The molecule has 1 fully saturated rings. The Labute approximate surface area is 224 Å². The number of carbonyl (C=O) groups excluding carboxylic acids is 3. The molecule has 1 aromatic rings. The van der Waals surface area contributed by atoms with E-state index in [4.69, 9.17) is 4.74 Å². The number of nitrogens with one attached hydrogen (secondary N) is 2. The summed E-state index contributed by atoms with van der Waals surface area (Å²) < 4.78 is 6.40. The van der Waals surface area contributed by atoms with Crippen molar-refractivity contribution in [1.29, 1.82) is 0 Å². The lowest BCUT2D eigenvalue weighted by molar-refractivity contribution is -0.252. The van der Waals surface area contributed by atoms with E-state index in [1.807, 2.05) is 67.8 Å². The van der Waals surface area contributed by atoms with Crippen LogP contribution >= 0.6 is 67.8 Å². The number of benzene rings is 1. The average Bonchev–Trinajstić information content (AvgIpc) is 2.70. The summed E-state index contributed by atoms with van der Waals surface area (Å²) in [5, 5.41) is 45.0. The first-order valence-corrected chi connectivity index (χ1v) is 12.4. The highest BCUT2D eigenvalue weighted by Crippen LogP contribution is 2.40. The van der Waals surface area contributed by atoms with Gasteiger partial charge in [0.1, 0.15) is 24.4 Å². The number of carbonyl (C=O) groups is 3. The van der Waals surface area contributed by atoms with Crippen molar-refractivity contribution in [3.63, 3.8) is 0 Å². The third-order valence-electron chi connectivity index (χ3n) is 4.83. The molecule has 1 saturated heterocycles. The van der Waals surface area contributed by atoms with Crippen LogP contribution in [0.3, 0.4) is 0 Å². The van der Waals surface area contributed by atoms with E-state index in [-0.39, 0.29) is 17.4 Å². The number of amides is 3. The van der Waals surface area contributed by atoms with E-state index >= 15 is 0 Å². The van der Waals surface area contributed by atoms with Crippen molar-refractivity contribution in [2.45, 2.75) is 44.5 Å². The molecule has 1 aliphatic rings. The predicted octanol–water partition coefficient (Wildman–Crippen LogP) is -0.0288. The normalized spacial score (nSPS) is 25.2. The van der Waals surface area contributed by atoms with E-state index in [0.717, 1.165) is 0 Å². The van der Waals surface area contributed by atoms with Crippen LogP contribution in [0, 0.1) is 10.7 Å². The molecule has 14 heteroatoms. The van der Waals surface area contributed by atoms with Crippen LogP contribution in [-0.2, 0) is 14.3 Å². The topological polar surface area (TPSA) is 169 Å². The first-order valence-electron chi connectivity index (χ1n) is 9.17. The second-order valence-electron chi connectivity index (χ2n) is 7.03. The number of ether oxygens (including phenoxy) is 1. The first-order chi connectivity index (χ1) is 14.8. The van der Waals surface area contributed by atoms with Crippen LogP contribution in [0.25, 0.3) is 0 Å². The van der Waals surface area contributed by atoms with Crippen molar-refractivity contribution < 1.29 is 39.5 Å². The largest absolute Gasteiger partial charge is 0.394 e. The zero-order valence-electron chi connectivity index (χ0n) is 17.1. The molecule has 0 aliphatic carbocycles. The molecule has 0 bridgehead atoms. The van der Waals surface area contributed by atoms with Crippen LogP contribution < -0.4 is 15.5 Å². The molecular weight excluding hydrogens is 767 g/mol. The van der Waals surface area contributed by atoms with Crippen LogP contribution in [0.2, 0.25) is 0 Å². The summed E-state index contributed by atoms with van der Waals surface area (Å²) in [4.78, 5) is 38.4. The average molecular weight is 789 g/mol. The van der Waals surface area contributed by atoms with Gasteiger partial charge in [-0.05, 0) is 67.8 Å². The van der Waals surface area contributed by atoms with Crippen molar-refractivity contribution in [2.75, 3.05) is 23.9 Å². The quantitative estimate of drug-likeness (QED) is 0.227. The highest BCUT2D eigenvalue weighted by atomic mass is 127. The molecule has 0 aromatic heterocycles. The van der Waals surface area contributed by atoms with Gasteiger partial charge < -0.3 is 40.7 Å². The van der Waals surface area contributed by atoms with Crippen molar-refractivity contribution in [3.8, 4) is 0 Å².